The minimum absolute atomic E-state index is 0.219. The van der Waals surface area contributed by atoms with Crippen LogP contribution in [0.1, 0.15) is 18.5 Å². The predicted molar refractivity (Wildman–Crippen MR) is 77.7 cm³/mol. The number of carbonyl (C=O) groups is 2. The number of amides is 2. The highest BCUT2D eigenvalue weighted by molar-refractivity contribution is 7.90. The first-order valence-corrected chi connectivity index (χ1v) is 8.27. The molecule has 0 fully saturated rings. The van der Waals surface area contributed by atoms with Crippen LogP contribution in [-0.4, -0.2) is 43.6 Å². The highest BCUT2D eigenvalue weighted by Crippen LogP contribution is 2.12. The molecule has 1 unspecified atom stereocenters. The Labute approximate surface area is 123 Å². The second-order valence-corrected chi connectivity index (χ2v) is 6.98. The number of urea groups is 1. The Morgan fingerprint density at radius 2 is 1.76 bits per heavy atom. The Morgan fingerprint density at radius 1 is 1.19 bits per heavy atom. The van der Waals surface area contributed by atoms with E-state index in [2.05, 4.69) is 10.6 Å². The van der Waals surface area contributed by atoms with Gasteiger partial charge in [-0.2, -0.15) is 0 Å². The predicted octanol–water partition coefficient (Wildman–Crippen LogP) is 0.545. The molecule has 8 heteroatoms. The molecule has 1 rings (SSSR count). The summed E-state index contributed by atoms with van der Waals surface area (Å²) in [5.41, 5.74) is 0.427. The number of aliphatic carboxylic acids is 1. The number of carbonyl (C=O) groups excluding carboxylic acids is 1. The zero-order valence-electron chi connectivity index (χ0n) is 11.7. The quantitative estimate of drug-likeness (QED) is 0.709. The molecule has 2 amide bonds. The van der Waals surface area contributed by atoms with Crippen LogP contribution in [0.2, 0.25) is 0 Å². The van der Waals surface area contributed by atoms with Crippen LogP contribution in [0, 0.1) is 0 Å². The maximum Gasteiger partial charge on any atom is 0.330 e. The zero-order valence-corrected chi connectivity index (χ0v) is 12.6. The van der Waals surface area contributed by atoms with Gasteiger partial charge >= 0.3 is 12.0 Å². The first kappa shape index (κ1) is 17.0. The molecule has 0 radical (unpaired) electrons. The third kappa shape index (κ3) is 6.26. The fraction of sp³-hybridized carbons (Fsp3) is 0.385. The molecule has 0 bridgehead atoms. The van der Waals surface area contributed by atoms with Crippen LogP contribution in [-0.2, 0) is 14.6 Å². The van der Waals surface area contributed by atoms with Gasteiger partial charge in [0.2, 0.25) is 0 Å². The van der Waals surface area contributed by atoms with Gasteiger partial charge in [-0.3, -0.25) is 0 Å². The lowest BCUT2D eigenvalue weighted by Crippen LogP contribution is -2.46. The van der Waals surface area contributed by atoms with Gasteiger partial charge in [-0.15, -0.1) is 0 Å². The molecule has 116 valence electrons. The van der Waals surface area contributed by atoms with Crippen LogP contribution in [0.25, 0.3) is 0 Å². The summed E-state index contributed by atoms with van der Waals surface area (Å²) < 4.78 is 22.2. The highest BCUT2D eigenvalue weighted by Gasteiger charge is 2.22. The standard InChI is InChI=1S/C13H18N2O5S/c1-9(8-21(2,19)20)14-13(18)15-11(12(16)17)10-6-4-3-5-7-10/h3-7,9,11H,8H2,1-2H3,(H,16,17)(H2,14,15,18)/t9?,11-/m0/s1. The summed E-state index contributed by atoms with van der Waals surface area (Å²) in [6, 6.07) is 5.67. The molecule has 0 saturated heterocycles. The normalized spacial score (nSPS) is 14.0. The fourth-order valence-electron chi connectivity index (χ4n) is 1.83. The molecule has 1 aromatic carbocycles. The maximum absolute atomic E-state index is 11.7. The summed E-state index contributed by atoms with van der Waals surface area (Å²) in [7, 11) is -3.22. The van der Waals surface area contributed by atoms with Crippen LogP contribution in [0.5, 0.6) is 0 Å². The minimum atomic E-state index is -3.22. The van der Waals surface area contributed by atoms with Crippen molar-refractivity contribution in [2.45, 2.75) is 19.0 Å². The van der Waals surface area contributed by atoms with Crippen LogP contribution < -0.4 is 10.6 Å². The van der Waals surface area contributed by atoms with Crippen molar-refractivity contribution < 1.29 is 23.1 Å². The summed E-state index contributed by atoms with van der Waals surface area (Å²) in [4.78, 5) is 23.0. The van der Waals surface area contributed by atoms with E-state index in [9.17, 15) is 18.0 Å². The van der Waals surface area contributed by atoms with Crippen molar-refractivity contribution in [1.29, 1.82) is 0 Å². The molecule has 0 aliphatic rings. The van der Waals surface area contributed by atoms with Gasteiger partial charge in [0.05, 0.1) is 5.75 Å². The lowest BCUT2D eigenvalue weighted by Gasteiger charge is -2.18. The maximum atomic E-state index is 11.7. The smallest absolute Gasteiger partial charge is 0.330 e. The molecule has 0 spiro atoms. The third-order valence-electron chi connectivity index (χ3n) is 2.59. The molecule has 0 heterocycles. The van der Waals surface area contributed by atoms with Crippen LogP contribution in [0.3, 0.4) is 0 Å². The molecule has 0 aromatic heterocycles. The van der Waals surface area contributed by atoms with E-state index < -0.39 is 33.9 Å². The molecular weight excluding hydrogens is 296 g/mol. The average molecular weight is 314 g/mol. The highest BCUT2D eigenvalue weighted by atomic mass is 32.2. The second kappa shape index (κ2) is 7.07. The zero-order chi connectivity index (χ0) is 16.0. The van der Waals surface area contributed by atoms with Crippen molar-refractivity contribution in [3.05, 3.63) is 35.9 Å². The summed E-state index contributed by atoms with van der Waals surface area (Å²) >= 11 is 0. The monoisotopic (exact) mass is 314 g/mol. The summed E-state index contributed by atoms with van der Waals surface area (Å²) in [6.07, 6.45) is 1.06. The lowest BCUT2D eigenvalue weighted by molar-refractivity contribution is -0.139. The molecule has 0 aliphatic carbocycles. The van der Waals surface area contributed by atoms with Crippen molar-refractivity contribution >= 4 is 21.8 Å². The van der Waals surface area contributed by atoms with Gasteiger partial charge in [0.15, 0.2) is 6.04 Å². The number of hydrogen-bond donors (Lipinski definition) is 3. The first-order valence-electron chi connectivity index (χ1n) is 6.21. The van der Waals surface area contributed by atoms with E-state index in [1.165, 1.54) is 6.92 Å². The van der Waals surface area contributed by atoms with Gasteiger partial charge in [-0.25, -0.2) is 18.0 Å². The van der Waals surface area contributed by atoms with E-state index in [-0.39, 0.29) is 5.75 Å². The molecule has 7 nitrogen and oxygen atoms in total. The number of nitrogens with one attached hydrogen (secondary N) is 2. The molecule has 3 N–H and O–H groups in total. The van der Waals surface area contributed by atoms with Crippen LogP contribution in [0.4, 0.5) is 4.79 Å². The Bertz CT molecular complexity index is 600. The van der Waals surface area contributed by atoms with Crippen LogP contribution >= 0.6 is 0 Å². The lowest BCUT2D eigenvalue weighted by atomic mass is 10.1. The van der Waals surface area contributed by atoms with E-state index in [0.29, 0.717) is 5.56 Å². The van der Waals surface area contributed by atoms with Crippen LogP contribution in [0.15, 0.2) is 30.3 Å². The SMILES string of the molecule is CC(CS(C)(=O)=O)NC(=O)N[C@H](C(=O)O)c1ccccc1. The number of rotatable bonds is 6. The van der Waals surface area contributed by atoms with E-state index in [1.807, 2.05) is 0 Å². The summed E-state index contributed by atoms with van der Waals surface area (Å²) in [5, 5.41) is 13.9. The van der Waals surface area contributed by atoms with Gasteiger partial charge in [0.1, 0.15) is 9.84 Å². The minimum Gasteiger partial charge on any atom is -0.479 e. The fourth-order valence-corrected chi connectivity index (χ4v) is 2.82. The van der Waals surface area contributed by atoms with E-state index in [4.69, 9.17) is 5.11 Å². The van der Waals surface area contributed by atoms with Crippen molar-refractivity contribution in [2.75, 3.05) is 12.0 Å². The van der Waals surface area contributed by atoms with E-state index in [0.717, 1.165) is 6.26 Å². The Morgan fingerprint density at radius 3 is 2.24 bits per heavy atom. The Hall–Kier alpha value is -2.09. The average Bonchev–Trinajstić information content (AvgIpc) is 2.34. The van der Waals surface area contributed by atoms with Gasteiger partial charge < -0.3 is 15.7 Å². The summed E-state index contributed by atoms with van der Waals surface area (Å²) in [6.45, 7) is 1.53. The van der Waals surface area contributed by atoms with Crippen molar-refractivity contribution in [2.24, 2.45) is 0 Å². The molecule has 0 aliphatic heterocycles. The molecular formula is C13H18N2O5S. The largest absolute Gasteiger partial charge is 0.479 e. The molecule has 0 saturated carbocycles. The van der Waals surface area contributed by atoms with Gasteiger partial charge in [-0.05, 0) is 12.5 Å². The Kier molecular flexibility index (Phi) is 5.71. The number of carboxylic acid groups (broad SMARTS) is 1. The van der Waals surface area contributed by atoms with Crippen molar-refractivity contribution in [3.8, 4) is 0 Å². The Balaban J connectivity index is 2.68. The first-order chi connectivity index (χ1) is 9.69. The number of carboxylic acids is 1. The topological polar surface area (TPSA) is 113 Å². The number of hydrogen-bond acceptors (Lipinski definition) is 4. The third-order valence-corrected chi connectivity index (χ3v) is 3.69. The van der Waals surface area contributed by atoms with Gasteiger partial charge in [-0.1, -0.05) is 30.3 Å². The van der Waals surface area contributed by atoms with Crippen molar-refractivity contribution in [3.63, 3.8) is 0 Å². The molecule has 21 heavy (non-hydrogen) atoms. The van der Waals surface area contributed by atoms with E-state index >= 15 is 0 Å². The number of sulfone groups is 1. The summed E-state index contributed by atoms with van der Waals surface area (Å²) in [5.74, 6) is -1.42. The van der Waals surface area contributed by atoms with E-state index in [1.54, 1.807) is 30.3 Å². The number of benzene rings is 1. The second-order valence-electron chi connectivity index (χ2n) is 4.79. The van der Waals surface area contributed by atoms with Gasteiger partial charge in [0.25, 0.3) is 0 Å². The van der Waals surface area contributed by atoms with Crippen molar-refractivity contribution in [1.82, 2.24) is 10.6 Å². The molecule has 1 aromatic rings. The van der Waals surface area contributed by atoms with Gasteiger partial charge in [0, 0.05) is 12.3 Å². The molecule has 2 atom stereocenters.